The third kappa shape index (κ3) is 2.97. The molecule has 1 saturated carbocycles. The monoisotopic (exact) mass is 318 g/mol. The molecule has 3 aromatic rings. The second-order valence-corrected chi connectivity index (χ2v) is 6.31. The molecule has 1 unspecified atom stereocenters. The Bertz CT molecular complexity index is 905. The van der Waals surface area contributed by atoms with Gasteiger partial charge in [0, 0.05) is 24.2 Å². The van der Waals surface area contributed by atoms with Gasteiger partial charge in [0.15, 0.2) is 0 Å². The number of rotatable bonds is 4. The summed E-state index contributed by atoms with van der Waals surface area (Å²) in [6, 6.07) is 9.39. The van der Waals surface area contributed by atoms with E-state index in [9.17, 15) is 4.79 Å². The molecule has 2 heterocycles. The van der Waals surface area contributed by atoms with E-state index in [4.69, 9.17) is 0 Å². The third-order valence-electron chi connectivity index (χ3n) is 4.37. The van der Waals surface area contributed by atoms with Crippen molar-refractivity contribution in [3.05, 3.63) is 65.7 Å². The summed E-state index contributed by atoms with van der Waals surface area (Å²) in [5, 5.41) is 3.15. The van der Waals surface area contributed by atoms with Gasteiger partial charge >= 0.3 is 0 Å². The highest BCUT2D eigenvalue weighted by molar-refractivity contribution is 5.97. The van der Waals surface area contributed by atoms with Gasteiger partial charge < -0.3 is 5.32 Å². The Hall–Kier alpha value is -2.82. The maximum absolute atomic E-state index is 12.7. The summed E-state index contributed by atoms with van der Waals surface area (Å²) in [6.45, 7) is 2.04. The van der Waals surface area contributed by atoms with Crippen LogP contribution in [0.25, 0.3) is 11.0 Å². The summed E-state index contributed by atoms with van der Waals surface area (Å²) < 4.78 is 0. The first-order valence-electron chi connectivity index (χ1n) is 8.15. The Kier molecular flexibility index (Phi) is 3.69. The van der Waals surface area contributed by atoms with Crippen LogP contribution in [0.4, 0.5) is 0 Å². The molecule has 1 aliphatic carbocycles. The fourth-order valence-electron chi connectivity index (χ4n) is 2.92. The first-order chi connectivity index (χ1) is 11.7. The number of benzene rings is 1. The quantitative estimate of drug-likeness (QED) is 0.802. The van der Waals surface area contributed by atoms with Crippen LogP contribution in [-0.4, -0.2) is 20.9 Å². The van der Waals surface area contributed by atoms with E-state index in [1.165, 1.54) is 0 Å². The molecular weight excluding hydrogens is 300 g/mol. The van der Waals surface area contributed by atoms with Crippen LogP contribution in [0.5, 0.6) is 0 Å². The fourth-order valence-corrected chi connectivity index (χ4v) is 2.92. The average Bonchev–Trinajstić information content (AvgIpc) is 3.44. The fraction of sp³-hybridized carbons (Fsp3) is 0.263. The van der Waals surface area contributed by atoms with Gasteiger partial charge in [0.1, 0.15) is 0 Å². The van der Waals surface area contributed by atoms with Crippen molar-refractivity contribution in [1.29, 1.82) is 0 Å². The molecule has 0 radical (unpaired) electrons. The molecule has 5 nitrogen and oxygen atoms in total. The van der Waals surface area contributed by atoms with Gasteiger partial charge in [-0.1, -0.05) is 0 Å². The molecule has 1 amide bonds. The Morgan fingerprint density at radius 1 is 1.04 bits per heavy atom. The number of carbonyl (C=O) groups is 1. The molecule has 5 heteroatoms. The summed E-state index contributed by atoms with van der Waals surface area (Å²) in [7, 11) is 0. The number of fused-ring (bicyclic) bond motifs is 1. The van der Waals surface area contributed by atoms with E-state index in [2.05, 4.69) is 26.3 Å². The summed E-state index contributed by atoms with van der Waals surface area (Å²) in [4.78, 5) is 25.7. The van der Waals surface area contributed by atoms with Gasteiger partial charge in [-0.05, 0) is 61.6 Å². The molecule has 24 heavy (non-hydrogen) atoms. The van der Waals surface area contributed by atoms with E-state index in [1.54, 1.807) is 30.7 Å². The molecular formula is C19H18N4O. The van der Waals surface area contributed by atoms with Gasteiger partial charge in [0.05, 0.1) is 22.8 Å². The van der Waals surface area contributed by atoms with Crippen molar-refractivity contribution in [2.75, 3.05) is 0 Å². The number of nitrogens with one attached hydrogen (secondary N) is 1. The molecule has 1 aliphatic rings. The number of hydrogen-bond acceptors (Lipinski definition) is 4. The first kappa shape index (κ1) is 14.8. The first-order valence-corrected chi connectivity index (χ1v) is 8.15. The van der Waals surface area contributed by atoms with Crippen LogP contribution in [0, 0.1) is 12.8 Å². The number of aryl methyl sites for hydroxylation is 1. The molecule has 4 rings (SSSR count). The minimum Gasteiger partial charge on any atom is -0.343 e. The highest BCUT2D eigenvalue weighted by Crippen LogP contribution is 2.40. The predicted molar refractivity (Wildman–Crippen MR) is 91.4 cm³/mol. The van der Waals surface area contributed by atoms with Gasteiger partial charge in [0.2, 0.25) is 0 Å². The minimum atomic E-state index is -0.0947. The zero-order chi connectivity index (χ0) is 16.5. The Morgan fingerprint density at radius 2 is 1.83 bits per heavy atom. The summed E-state index contributed by atoms with van der Waals surface area (Å²) in [5.74, 6) is 0.381. The SMILES string of the molecule is Cc1ccnc(C(NC(=O)c2ccc3nccnc3c2)C2CC2)c1. The van der Waals surface area contributed by atoms with Crippen molar-refractivity contribution < 1.29 is 4.79 Å². The lowest BCUT2D eigenvalue weighted by Crippen LogP contribution is -2.30. The van der Waals surface area contributed by atoms with Gasteiger partial charge in [-0.3, -0.25) is 19.7 Å². The molecule has 2 aromatic heterocycles. The number of pyridine rings is 1. The largest absolute Gasteiger partial charge is 0.343 e. The van der Waals surface area contributed by atoms with E-state index < -0.39 is 0 Å². The van der Waals surface area contributed by atoms with E-state index in [0.717, 1.165) is 35.1 Å². The van der Waals surface area contributed by atoms with Crippen molar-refractivity contribution in [3.63, 3.8) is 0 Å². The molecule has 0 bridgehead atoms. The van der Waals surface area contributed by atoms with Crippen LogP contribution in [0.2, 0.25) is 0 Å². The van der Waals surface area contributed by atoms with Gasteiger partial charge in [-0.15, -0.1) is 0 Å². The molecule has 1 aromatic carbocycles. The highest BCUT2D eigenvalue weighted by Gasteiger charge is 2.34. The molecule has 120 valence electrons. The van der Waals surface area contributed by atoms with E-state index >= 15 is 0 Å². The lowest BCUT2D eigenvalue weighted by molar-refractivity contribution is 0.0931. The normalized spacial score (nSPS) is 15.2. The van der Waals surface area contributed by atoms with Crippen LogP contribution < -0.4 is 5.32 Å². The van der Waals surface area contributed by atoms with Crippen molar-refractivity contribution in [2.45, 2.75) is 25.8 Å². The Morgan fingerprint density at radius 3 is 2.58 bits per heavy atom. The summed E-state index contributed by atoms with van der Waals surface area (Å²) >= 11 is 0. The van der Waals surface area contributed by atoms with Crippen molar-refractivity contribution in [1.82, 2.24) is 20.3 Å². The minimum absolute atomic E-state index is 0.0324. The van der Waals surface area contributed by atoms with Gasteiger partial charge in [0.25, 0.3) is 5.91 Å². The maximum atomic E-state index is 12.7. The zero-order valence-electron chi connectivity index (χ0n) is 13.4. The lowest BCUT2D eigenvalue weighted by Gasteiger charge is -2.18. The van der Waals surface area contributed by atoms with E-state index in [-0.39, 0.29) is 11.9 Å². The lowest BCUT2D eigenvalue weighted by atomic mass is 10.1. The van der Waals surface area contributed by atoms with Crippen LogP contribution in [0.3, 0.4) is 0 Å². The second kappa shape index (κ2) is 6.00. The second-order valence-electron chi connectivity index (χ2n) is 6.31. The molecule has 1 atom stereocenters. The van der Waals surface area contributed by atoms with Crippen LogP contribution in [-0.2, 0) is 0 Å². The molecule has 0 saturated heterocycles. The van der Waals surface area contributed by atoms with Crippen LogP contribution in [0.1, 0.15) is 40.5 Å². The smallest absolute Gasteiger partial charge is 0.251 e. The highest BCUT2D eigenvalue weighted by atomic mass is 16.1. The van der Waals surface area contributed by atoms with Crippen molar-refractivity contribution in [2.24, 2.45) is 5.92 Å². The Balaban J connectivity index is 1.60. The van der Waals surface area contributed by atoms with E-state index in [0.29, 0.717) is 11.5 Å². The number of aromatic nitrogens is 3. The van der Waals surface area contributed by atoms with E-state index in [1.807, 2.05) is 19.1 Å². The van der Waals surface area contributed by atoms with Crippen LogP contribution in [0.15, 0.2) is 48.9 Å². The number of hydrogen-bond donors (Lipinski definition) is 1. The average molecular weight is 318 g/mol. The van der Waals surface area contributed by atoms with Crippen LogP contribution >= 0.6 is 0 Å². The maximum Gasteiger partial charge on any atom is 0.251 e. The molecule has 1 fully saturated rings. The standard InChI is InChI=1S/C19H18N4O/c1-12-6-7-20-17(10-12)18(13-2-3-13)23-19(24)14-4-5-15-16(11-14)22-9-8-21-15/h4-11,13,18H,2-3H2,1H3,(H,23,24). The summed E-state index contributed by atoms with van der Waals surface area (Å²) in [5.41, 5.74) is 4.20. The molecule has 0 aliphatic heterocycles. The van der Waals surface area contributed by atoms with Crippen molar-refractivity contribution in [3.8, 4) is 0 Å². The number of carbonyl (C=O) groups excluding carboxylic acids is 1. The van der Waals surface area contributed by atoms with Gasteiger partial charge in [-0.2, -0.15) is 0 Å². The zero-order valence-corrected chi connectivity index (χ0v) is 13.4. The van der Waals surface area contributed by atoms with Crippen molar-refractivity contribution >= 4 is 16.9 Å². The third-order valence-corrected chi connectivity index (χ3v) is 4.37. The predicted octanol–water partition coefficient (Wildman–Crippen LogP) is 3.21. The Labute approximate surface area is 140 Å². The molecule has 0 spiro atoms. The van der Waals surface area contributed by atoms with Gasteiger partial charge in [-0.25, -0.2) is 0 Å². The topological polar surface area (TPSA) is 67.8 Å². The number of nitrogens with zero attached hydrogens (tertiary/aromatic N) is 3. The summed E-state index contributed by atoms with van der Waals surface area (Å²) in [6.07, 6.45) is 7.34. The molecule has 1 N–H and O–H groups in total. The number of amides is 1.